The Hall–Kier alpha value is -3.02. The minimum absolute atomic E-state index is 0.231. The monoisotopic (exact) mass is 356 g/mol. The number of aryl methyl sites for hydroxylation is 1. The number of rotatable bonds is 5. The minimum Gasteiger partial charge on any atom is -0.493 e. The summed E-state index contributed by atoms with van der Waals surface area (Å²) in [5.41, 5.74) is 1.78. The molecule has 6 heteroatoms. The fourth-order valence-corrected chi connectivity index (χ4v) is 2.63. The third kappa shape index (κ3) is 3.64. The van der Waals surface area contributed by atoms with Gasteiger partial charge in [-0.15, -0.1) is 0 Å². The number of ketones is 1. The quantitative estimate of drug-likeness (QED) is 0.605. The number of hydrogen-bond donors (Lipinski definition) is 0. The average Bonchev–Trinajstić information content (AvgIpc) is 2.66. The van der Waals surface area contributed by atoms with Crippen LogP contribution in [0, 0.1) is 6.92 Å². The molecule has 1 heterocycles. The van der Waals surface area contributed by atoms with Gasteiger partial charge in [-0.05, 0) is 26.0 Å². The fraction of sp³-hybridized carbons (Fsp3) is 0.300. The molecule has 1 aliphatic rings. The molecule has 0 N–H and O–H groups in total. The van der Waals surface area contributed by atoms with Crippen LogP contribution in [0.1, 0.15) is 33.2 Å². The van der Waals surface area contributed by atoms with Crippen LogP contribution in [0.4, 0.5) is 0 Å². The SMILES string of the molecule is COc1cc(C(=O)O[C@H](C)C(=O)c2ccc(C)cc2)cc2c1OCCO2. The number of fused-ring (bicyclic) bond motifs is 1. The van der Waals surface area contributed by atoms with Crippen LogP contribution in [0.2, 0.25) is 0 Å². The van der Waals surface area contributed by atoms with E-state index in [2.05, 4.69) is 0 Å². The number of ether oxygens (including phenoxy) is 4. The molecule has 6 nitrogen and oxygen atoms in total. The third-order valence-corrected chi connectivity index (χ3v) is 4.05. The van der Waals surface area contributed by atoms with E-state index in [1.165, 1.54) is 19.2 Å². The Labute approximate surface area is 151 Å². The van der Waals surface area contributed by atoms with Crippen molar-refractivity contribution in [2.75, 3.05) is 20.3 Å². The van der Waals surface area contributed by atoms with Crippen LogP contribution in [-0.2, 0) is 4.74 Å². The zero-order chi connectivity index (χ0) is 18.7. The summed E-state index contributed by atoms with van der Waals surface area (Å²) in [6, 6.07) is 10.2. The molecule has 1 aliphatic heterocycles. The second-order valence-electron chi connectivity index (χ2n) is 5.98. The molecule has 0 radical (unpaired) electrons. The van der Waals surface area contributed by atoms with Gasteiger partial charge in [0.2, 0.25) is 11.5 Å². The number of esters is 1. The van der Waals surface area contributed by atoms with Gasteiger partial charge in [0.1, 0.15) is 13.2 Å². The van der Waals surface area contributed by atoms with E-state index in [1.807, 2.05) is 19.1 Å². The Morgan fingerprint density at radius 2 is 1.73 bits per heavy atom. The first-order chi connectivity index (χ1) is 12.5. The summed E-state index contributed by atoms with van der Waals surface area (Å²) >= 11 is 0. The van der Waals surface area contributed by atoms with E-state index in [1.54, 1.807) is 19.1 Å². The molecule has 2 aromatic rings. The molecule has 0 unspecified atom stereocenters. The number of carbonyl (C=O) groups is 2. The molecule has 0 amide bonds. The van der Waals surface area contributed by atoms with Gasteiger partial charge in [0.15, 0.2) is 17.6 Å². The van der Waals surface area contributed by atoms with Gasteiger partial charge < -0.3 is 18.9 Å². The summed E-state index contributed by atoms with van der Waals surface area (Å²) in [4.78, 5) is 24.9. The van der Waals surface area contributed by atoms with Crippen molar-refractivity contribution in [1.82, 2.24) is 0 Å². The molecule has 0 spiro atoms. The van der Waals surface area contributed by atoms with Gasteiger partial charge in [-0.25, -0.2) is 4.79 Å². The summed E-state index contributed by atoms with van der Waals surface area (Å²) in [5, 5.41) is 0. The molecular weight excluding hydrogens is 336 g/mol. The first-order valence-electron chi connectivity index (χ1n) is 8.29. The smallest absolute Gasteiger partial charge is 0.339 e. The van der Waals surface area contributed by atoms with E-state index in [9.17, 15) is 9.59 Å². The van der Waals surface area contributed by atoms with E-state index in [0.29, 0.717) is 36.0 Å². The van der Waals surface area contributed by atoms with Crippen LogP contribution in [0.5, 0.6) is 17.2 Å². The molecule has 0 saturated heterocycles. The van der Waals surface area contributed by atoms with Crippen LogP contribution >= 0.6 is 0 Å². The Bertz CT molecular complexity index is 808. The Morgan fingerprint density at radius 3 is 2.42 bits per heavy atom. The Kier molecular flexibility index (Phi) is 5.11. The highest BCUT2D eigenvalue weighted by Crippen LogP contribution is 2.40. The van der Waals surface area contributed by atoms with Crippen molar-refractivity contribution in [3.05, 3.63) is 53.1 Å². The van der Waals surface area contributed by atoms with Gasteiger partial charge in [-0.3, -0.25) is 4.79 Å². The molecule has 2 aromatic carbocycles. The summed E-state index contributed by atoms with van der Waals surface area (Å²) < 4.78 is 21.6. The zero-order valence-corrected chi connectivity index (χ0v) is 14.9. The van der Waals surface area contributed by atoms with Crippen LogP contribution in [-0.4, -0.2) is 38.2 Å². The molecule has 0 bridgehead atoms. The third-order valence-electron chi connectivity index (χ3n) is 4.05. The lowest BCUT2D eigenvalue weighted by molar-refractivity contribution is 0.0317. The number of benzene rings is 2. The highest BCUT2D eigenvalue weighted by atomic mass is 16.6. The first kappa shape index (κ1) is 17.8. The largest absolute Gasteiger partial charge is 0.493 e. The maximum absolute atomic E-state index is 12.5. The number of hydrogen-bond acceptors (Lipinski definition) is 6. The molecule has 26 heavy (non-hydrogen) atoms. The van der Waals surface area contributed by atoms with Gasteiger partial charge in [-0.2, -0.15) is 0 Å². The predicted molar refractivity (Wildman–Crippen MR) is 94.4 cm³/mol. The van der Waals surface area contributed by atoms with E-state index < -0.39 is 12.1 Å². The lowest BCUT2D eigenvalue weighted by Gasteiger charge is -2.21. The van der Waals surface area contributed by atoms with E-state index >= 15 is 0 Å². The van der Waals surface area contributed by atoms with Gasteiger partial charge in [0.25, 0.3) is 0 Å². The van der Waals surface area contributed by atoms with Crippen molar-refractivity contribution >= 4 is 11.8 Å². The van der Waals surface area contributed by atoms with Crippen molar-refractivity contribution in [1.29, 1.82) is 0 Å². The zero-order valence-electron chi connectivity index (χ0n) is 14.9. The predicted octanol–water partition coefficient (Wildman–Crippen LogP) is 3.20. The normalized spacial score (nSPS) is 13.7. The molecular formula is C20H20O6. The fourth-order valence-electron chi connectivity index (χ4n) is 2.63. The van der Waals surface area contributed by atoms with E-state index in [-0.39, 0.29) is 11.3 Å². The maximum Gasteiger partial charge on any atom is 0.339 e. The second kappa shape index (κ2) is 7.47. The van der Waals surface area contributed by atoms with Gasteiger partial charge in [0, 0.05) is 5.56 Å². The molecule has 0 saturated carbocycles. The van der Waals surface area contributed by atoms with E-state index in [0.717, 1.165) is 5.56 Å². The molecule has 0 aromatic heterocycles. The molecule has 0 aliphatic carbocycles. The molecule has 3 rings (SSSR count). The van der Waals surface area contributed by atoms with Crippen molar-refractivity contribution in [2.45, 2.75) is 20.0 Å². The summed E-state index contributed by atoms with van der Waals surface area (Å²) in [6.07, 6.45) is -0.913. The molecule has 1 atom stereocenters. The number of carbonyl (C=O) groups excluding carboxylic acids is 2. The lowest BCUT2D eigenvalue weighted by atomic mass is 10.1. The van der Waals surface area contributed by atoms with Crippen molar-refractivity contribution < 1.29 is 28.5 Å². The van der Waals surface area contributed by atoms with Crippen LogP contribution in [0.3, 0.4) is 0 Å². The van der Waals surface area contributed by atoms with Crippen LogP contribution < -0.4 is 14.2 Å². The Balaban J connectivity index is 1.77. The number of methoxy groups -OCH3 is 1. The maximum atomic E-state index is 12.5. The number of Topliss-reactive ketones (excluding diaryl/α,β-unsaturated/α-hetero) is 1. The topological polar surface area (TPSA) is 71.1 Å². The average molecular weight is 356 g/mol. The molecule has 136 valence electrons. The highest BCUT2D eigenvalue weighted by molar-refractivity contribution is 6.01. The standard InChI is InChI=1S/C20H20O6/c1-12-4-6-14(7-5-12)18(21)13(2)26-20(22)15-10-16(23-3)19-17(11-15)24-8-9-25-19/h4-7,10-11,13H,8-9H2,1-3H3/t13-/m1/s1. The summed E-state index contributed by atoms with van der Waals surface area (Å²) in [7, 11) is 1.48. The van der Waals surface area contributed by atoms with Crippen molar-refractivity contribution in [3.8, 4) is 17.2 Å². The van der Waals surface area contributed by atoms with Crippen LogP contribution in [0.25, 0.3) is 0 Å². The lowest BCUT2D eigenvalue weighted by Crippen LogP contribution is -2.24. The van der Waals surface area contributed by atoms with Gasteiger partial charge >= 0.3 is 5.97 Å². The van der Waals surface area contributed by atoms with Gasteiger partial charge in [0.05, 0.1) is 12.7 Å². The highest BCUT2D eigenvalue weighted by Gasteiger charge is 2.24. The van der Waals surface area contributed by atoms with Crippen molar-refractivity contribution in [2.24, 2.45) is 0 Å². The van der Waals surface area contributed by atoms with E-state index in [4.69, 9.17) is 18.9 Å². The summed E-state index contributed by atoms with van der Waals surface area (Å²) in [6.45, 7) is 4.29. The Morgan fingerprint density at radius 1 is 1.04 bits per heavy atom. The van der Waals surface area contributed by atoms with Crippen molar-refractivity contribution in [3.63, 3.8) is 0 Å². The minimum atomic E-state index is -0.913. The van der Waals surface area contributed by atoms with Crippen LogP contribution in [0.15, 0.2) is 36.4 Å². The van der Waals surface area contributed by atoms with Gasteiger partial charge in [-0.1, -0.05) is 29.8 Å². The second-order valence-corrected chi connectivity index (χ2v) is 5.98. The molecule has 0 fully saturated rings. The first-order valence-corrected chi connectivity index (χ1v) is 8.29. The summed E-state index contributed by atoms with van der Waals surface area (Å²) in [5.74, 6) is 0.363.